The second kappa shape index (κ2) is 6.64. The molecule has 2 aliphatic rings. The molecular weight excluding hydrogens is 306 g/mol. The van der Waals surface area contributed by atoms with Crippen LogP contribution in [0.1, 0.15) is 51.0 Å². The van der Waals surface area contributed by atoms with Crippen molar-refractivity contribution in [3.8, 4) is 0 Å². The Morgan fingerprint density at radius 2 is 1.45 bits per heavy atom. The van der Waals surface area contributed by atoms with Crippen molar-refractivity contribution >= 4 is 11.4 Å². The van der Waals surface area contributed by atoms with Crippen LogP contribution < -0.4 is 18.6 Å². The fraction of sp³-hybridized carbons (Fsp3) is 0.562. The Balaban J connectivity index is 0.000000309. The summed E-state index contributed by atoms with van der Waals surface area (Å²) in [6.45, 7) is 2.34. The molecule has 6 heteroatoms. The highest BCUT2D eigenvalue weighted by atomic mass is 35.7. The summed E-state index contributed by atoms with van der Waals surface area (Å²) in [4.78, 5) is 0. The molecule has 0 bridgehead atoms. The molecule has 0 unspecified atom stereocenters. The van der Waals surface area contributed by atoms with Gasteiger partial charge in [-0.2, -0.15) is 0 Å². The minimum atomic E-state index is -4.94. The lowest BCUT2D eigenvalue weighted by Gasteiger charge is -2.25. The van der Waals surface area contributed by atoms with Crippen molar-refractivity contribution in [2.24, 2.45) is 0 Å². The minimum Gasteiger partial charge on any atom is -0.222 e. The Morgan fingerprint density at radius 1 is 0.955 bits per heavy atom. The SMILES string of the molecule is CC1=[N+](C)c2ccccc2C12CCCCCC2.[O-][Cl+3]([O-])([O-])[O-]. The van der Waals surface area contributed by atoms with Gasteiger partial charge in [0.25, 0.3) is 0 Å². The maximum atomic E-state index is 8.49. The third kappa shape index (κ3) is 3.67. The first-order chi connectivity index (χ1) is 10.3. The van der Waals surface area contributed by atoms with Gasteiger partial charge in [0.2, 0.25) is 5.69 Å². The molecule has 122 valence electrons. The molecule has 0 aromatic heterocycles. The van der Waals surface area contributed by atoms with Gasteiger partial charge in [0, 0.05) is 18.6 Å². The van der Waals surface area contributed by atoms with E-state index in [4.69, 9.17) is 18.6 Å². The Morgan fingerprint density at radius 3 is 2.00 bits per heavy atom. The average Bonchev–Trinajstić information content (AvgIpc) is 2.64. The lowest BCUT2D eigenvalue weighted by Crippen LogP contribution is -2.68. The van der Waals surface area contributed by atoms with Crippen molar-refractivity contribution in [2.75, 3.05) is 7.05 Å². The molecule has 1 aliphatic heterocycles. The van der Waals surface area contributed by atoms with Crippen molar-refractivity contribution < 1.29 is 33.5 Å². The first kappa shape index (κ1) is 17.4. The Bertz CT molecular complexity index is 552. The summed E-state index contributed by atoms with van der Waals surface area (Å²) < 4.78 is 36.4. The number of halogens is 1. The van der Waals surface area contributed by atoms with Gasteiger partial charge >= 0.3 is 0 Å². The number of hydrogen-bond acceptors (Lipinski definition) is 4. The molecule has 0 saturated heterocycles. The van der Waals surface area contributed by atoms with Gasteiger partial charge in [-0.25, -0.2) is 23.2 Å². The number of hydrogen-bond donors (Lipinski definition) is 0. The van der Waals surface area contributed by atoms with E-state index in [9.17, 15) is 0 Å². The minimum absolute atomic E-state index is 0.363. The zero-order valence-corrected chi connectivity index (χ0v) is 13.8. The van der Waals surface area contributed by atoms with Crippen LogP contribution in [0.25, 0.3) is 0 Å². The summed E-state index contributed by atoms with van der Waals surface area (Å²) in [7, 11) is -2.71. The first-order valence-corrected chi connectivity index (χ1v) is 8.78. The topological polar surface area (TPSA) is 95.2 Å². The third-order valence-electron chi connectivity index (χ3n) is 4.93. The monoisotopic (exact) mass is 327 g/mol. The van der Waals surface area contributed by atoms with Crippen molar-refractivity contribution in [2.45, 2.75) is 50.9 Å². The molecule has 1 aromatic rings. The molecule has 5 nitrogen and oxygen atoms in total. The molecule has 1 aliphatic carbocycles. The number of nitrogens with zero attached hydrogens (tertiary/aromatic N) is 1. The van der Waals surface area contributed by atoms with E-state index < -0.39 is 10.2 Å². The van der Waals surface area contributed by atoms with Crippen LogP contribution in [0.15, 0.2) is 24.3 Å². The second-order valence-corrected chi connectivity index (χ2v) is 6.79. The standard InChI is InChI=1S/C16H22N.ClHO4/c1-13-16(11-7-3-4-8-12-16)14-9-5-6-10-15(14)17(13)2;2-1(3,4)5/h5-6,9-10H,3-4,7-8,11-12H2,1-2H3;(H,2,3,4,5)/q+1;/p-1. The maximum Gasteiger partial charge on any atom is 0.209 e. The van der Waals surface area contributed by atoms with Gasteiger partial charge in [-0.1, -0.05) is 43.9 Å². The smallest absolute Gasteiger partial charge is 0.209 e. The average molecular weight is 328 g/mol. The Kier molecular flexibility index (Phi) is 5.25. The molecule has 0 radical (unpaired) electrons. The van der Waals surface area contributed by atoms with E-state index in [0.29, 0.717) is 5.41 Å². The van der Waals surface area contributed by atoms with E-state index in [1.54, 1.807) is 11.3 Å². The molecule has 1 fully saturated rings. The molecule has 1 spiro atoms. The van der Waals surface area contributed by atoms with E-state index >= 15 is 0 Å². The van der Waals surface area contributed by atoms with Crippen molar-refractivity contribution in [1.82, 2.24) is 0 Å². The second-order valence-electron chi connectivity index (χ2n) is 6.04. The fourth-order valence-electron chi connectivity index (χ4n) is 3.83. The van der Waals surface area contributed by atoms with E-state index in [2.05, 4.69) is 42.8 Å². The lowest BCUT2D eigenvalue weighted by molar-refractivity contribution is -2.00. The van der Waals surface area contributed by atoms with Crippen LogP contribution in [0.2, 0.25) is 0 Å². The van der Waals surface area contributed by atoms with Gasteiger partial charge in [-0.3, -0.25) is 0 Å². The van der Waals surface area contributed by atoms with Gasteiger partial charge < -0.3 is 0 Å². The van der Waals surface area contributed by atoms with E-state index in [-0.39, 0.29) is 0 Å². The van der Waals surface area contributed by atoms with E-state index in [1.165, 1.54) is 44.2 Å². The maximum absolute atomic E-state index is 8.49. The number of para-hydroxylation sites is 1. The third-order valence-corrected chi connectivity index (χ3v) is 4.93. The summed E-state index contributed by atoms with van der Waals surface area (Å²) in [5.41, 5.74) is 4.95. The van der Waals surface area contributed by atoms with Gasteiger partial charge in [0.15, 0.2) is 5.71 Å². The van der Waals surface area contributed by atoms with Crippen LogP contribution in [0, 0.1) is 10.2 Å². The van der Waals surface area contributed by atoms with Crippen molar-refractivity contribution in [3.63, 3.8) is 0 Å². The van der Waals surface area contributed by atoms with Crippen LogP contribution in [-0.2, 0) is 5.41 Å². The summed E-state index contributed by atoms with van der Waals surface area (Å²) in [5, 5.41) is 0. The first-order valence-electron chi connectivity index (χ1n) is 7.55. The molecule has 1 saturated carbocycles. The summed E-state index contributed by atoms with van der Waals surface area (Å²) in [5.74, 6) is 0. The lowest BCUT2D eigenvalue weighted by atomic mass is 9.72. The zero-order valence-electron chi connectivity index (χ0n) is 13.0. The largest absolute Gasteiger partial charge is 0.222 e. The molecule has 0 N–H and O–H groups in total. The van der Waals surface area contributed by atoms with Crippen molar-refractivity contribution in [1.29, 1.82) is 0 Å². The van der Waals surface area contributed by atoms with E-state index in [1.807, 2.05) is 0 Å². The quantitative estimate of drug-likeness (QED) is 0.587. The molecule has 22 heavy (non-hydrogen) atoms. The highest BCUT2D eigenvalue weighted by molar-refractivity contribution is 5.94. The van der Waals surface area contributed by atoms with Gasteiger partial charge in [0.05, 0.1) is 5.41 Å². The summed E-state index contributed by atoms with van der Waals surface area (Å²) in [6.07, 6.45) is 8.31. The highest BCUT2D eigenvalue weighted by Gasteiger charge is 2.48. The van der Waals surface area contributed by atoms with Crippen LogP contribution >= 0.6 is 0 Å². The van der Waals surface area contributed by atoms with Crippen molar-refractivity contribution in [3.05, 3.63) is 29.8 Å². The van der Waals surface area contributed by atoms with Crippen LogP contribution in [0.3, 0.4) is 0 Å². The number of rotatable bonds is 0. The Labute approximate surface area is 133 Å². The zero-order chi connectivity index (χ0) is 16.4. The van der Waals surface area contributed by atoms with Gasteiger partial charge in [-0.05, 0) is 12.8 Å². The van der Waals surface area contributed by atoms with Crippen LogP contribution in [-0.4, -0.2) is 17.3 Å². The summed E-state index contributed by atoms with van der Waals surface area (Å²) >= 11 is 0. The molecule has 0 atom stereocenters. The molecule has 3 rings (SSSR count). The number of fused-ring (bicyclic) bond motifs is 2. The van der Waals surface area contributed by atoms with Gasteiger partial charge in [0.1, 0.15) is 7.05 Å². The summed E-state index contributed by atoms with van der Waals surface area (Å²) in [6, 6.07) is 9.00. The van der Waals surface area contributed by atoms with E-state index in [0.717, 1.165) is 0 Å². The normalized spacial score (nSPS) is 20.3. The molecule has 1 heterocycles. The highest BCUT2D eigenvalue weighted by Crippen LogP contribution is 2.47. The Hall–Kier alpha value is -0.980. The molecule has 1 aromatic carbocycles. The predicted octanol–water partition coefficient (Wildman–Crippen LogP) is -0.729. The fourth-order valence-corrected chi connectivity index (χ4v) is 3.83. The molecular formula is C16H22ClNO4. The molecule has 0 amide bonds. The van der Waals surface area contributed by atoms with Crippen LogP contribution in [0.4, 0.5) is 5.69 Å². The van der Waals surface area contributed by atoms with Crippen LogP contribution in [0.5, 0.6) is 0 Å². The van der Waals surface area contributed by atoms with Gasteiger partial charge in [-0.15, -0.1) is 10.2 Å². The predicted molar refractivity (Wildman–Crippen MR) is 72.3 cm³/mol. The number of benzene rings is 1.